The van der Waals surface area contributed by atoms with Crippen molar-refractivity contribution in [1.29, 1.82) is 0 Å². The minimum atomic E-state index is -4.37. The van der Waals surface area contributed by atoms with Gasteiger partial charge in [-0.25, -0.2) is 0 Å². The number of carbonyl (C=O) groups excluding carboxylic acids is 1. The largest absolute Gasteiger partial charge is 0.416 e. The van der Waals surface area contributed by atoms with Crippen LogP contribution in [0.3, 0.4) is 0 Å². The number of amides is 1. The Hall–Kier alpha value is -1.56. The van der Waals surface area contributed by atoms with Crippen LogP contribution >= 0.6 is 0 Å². The van der Waals surface area contributed by atoms with Crippen LogP contribution in [-0.2, 0) is 17.4 Å². The molecule has 2 rings (SSSR count). The van der Waals surface area contributed by atoms with Gasteiger partial charge in [0.2, 0.25) is 5.91 Å². The molecule has 1 aromatic carbocycles. The van der Waals surface area contributed by atoms with Gasteiger partial charge in [-0.15, -0.1) is 0 Å². The molecule has 0 aliphatic carbocycles. The Morgan fingerprint density at radius 3 is 2.67 bits per heavy atom. The molecule has 0 saturated heterocycles. The number of hydrogen-bond acceptors (Lipinski definition) is 2. The number of fused-ring (bicyclic) bond motifs is 1. The van der Waals surface area contributed by atoms with Crippen LogP contribution in [0.25, 0.3) is 0 Å². The molecule has 0 bridgehead atoms. The Bertz CT molecular complexity index is 471. The average molecular weight is 258 g/mol. The molecule has 1 aliphatic rings. The maximum absolute atomic E-state index is 12.5. The van der Waals surface area contributed by atoms with E-state index in [1.54, 1.807) is 0 Å². The van der Waals surface area contributed by atoms with Gasteiger partial charge < -0.3 is 10.6 Å². The van der Waals surface area contributed by atoms with Gasteiger partial charge in [0, 0.05) is 12.2 Å². The molecular weight excluding hydrogens is 245 g/mol. The molecule has 0 unspecified atom stereocenters. The Balaban J connectivity index is 2.29. The fourth-order valence-corrected chi connectivity index (χ4v) is 2.05. The van der Waals surface area contributed by atoms with E-state index in [4.69, 9.17) is 5.73 Å². The molecule has 1 amide bonds. The first-order valence-corrected chi connectivity index (χ1v) is 5.64. The SMILES string of the molecule is NCCCN1C(=O)Cc2cc(C(F)(F)F)ccc21. The second kappa shape index (κ2) is 4.61. The lowest BCUT2D eigenvalue weighted by atomic mass is 10.1. The van der Waals surface area contributed by atoms with Gasteiger partial charge in [-0.1, -0.05) is 0 Å². The number of hydrogen-bond donors (Lipinski definition) is 1. The summed E-state index contributed by atoms with van der Waals surface area (Å²) in [6.45, 7) is 0.896. The van der Waals surface area contributed by atoms with E-state index in [2.05, 4.69) is 0 Å². The molecule has 6 heteroatoms. The monoisotopic (exact) mass is 258 g/mol. The quantitative estimate of drug-likeness (QED) is 0.900. The number of nitrogens with two attached hydrogens (primary N) is 1. The van der Waals surface area contributed by atoms with Crippen LogP contribution in [0.15, 0.2) is 18.2 Å². The van der Waals surface area contributed by atoms with E-state index in [-0.39, 0.29) is 12.3 Å². The molecule has 1 aromatic rings. The molecule has 3 nitrogen and oxygen atoms in total. The van der Waals surface area contributed by atoms with Crippen LogP contribution in [0.5, 0.6) is 0 Å². The van der Waals surface area contributed by atoms with E-state index >= 15 is 0 Å². The highest BCUT2D eigenvalue weighted by molar-refractivity contribution is 6.01. The van der Waals surface area contributed by atoms with Crippen LogP contribution in [-0.4, -0.2) is 19.0 Å². The molecule has 18 heavy (non-hydrogen) atoms. The standard InChI is InChI=1S/C12H13F3N2O/c13-12(14,15)9-2-3-10-8(6-9)7-11(18)17(10)5-1-4-16/h2-3,6H,1,4-5,7,16H2. The molecular formula is C12H13F3N2O. The summed E-state index contributed by atoms with van der Waals surface area (Å²) in [5.41, 5.74) is 5.66. The van der Waals surface area contributed by atoms with E-state index in [0.717, 1.165) is 12.1 Å². The zero-order chi connectivity index (χ0) is 13.3. The molecule has 98 valence electrons. The first-order valence-electron chi connectivity index (χ1n) is 5.64. The number of alkyl halides is 3. The van der Waals surface area contributed by atoms with Crippen LogP contribution in [0.4, 0.5) is 18.9 Å². The van der Waals surface area contributed by atoms with Gasteiger partial charge in [-0.05, 0) is 36.7 Å². The number of benzene rings is 1. The van der Waals surface area contributed by atoms with Crippen molar-refractivity contribution in [3.05, 3.63) is 29.3 Å². The summed E-state index contributed by atoms with van der Waals surface area (Å²) in [5.74, 6) is -0.169. The van der Waals surface area contributed by atoms with Gasteiger partial charge in [0.15, 0.2) is 0 Å². The summed E-state index contributed by atoms with van der Waals surface area (Å²) in [4.78, 5) is 13.2. The molecule has 1 heterocycles. The van der Waals surface area contributed by atoms with Crippen molar-refractivity contribution >= 4 is 11.6 Å². The fourth-order valence-electron chi connectivity index (χ4n) is 2.05. The fraction of sp³-hybridized carbons (Fsp3) is 0.417. The van der Waals surface area contributed by atoms with Gasteiger partial charge in [0.25, 0.3) is 0 Å². The molecule has 0 saturated carbocycles. The van der Waals surface area contributed by atoms with Crippen molar-refractivity contribution in [1.82, 2.24) is 0 Å². The summed E-state index contributed by atoms with van der Waals surface area (Å²) in [7, 11) is 0. The van der Waals surface area contributed by atoms with Crippen molar-refractivity contribution in [2.45, 2.75) is 19.0 Å². The van der Waals surface area contributed by atoms with Crippen molar-refractivity contribution in [2.75, 3.05) is 18.0 Å². The topological polar surface area (TPSA) is 46.3 Å². The summed E-state index contributed by atoms with van der Waals surface area (Å²) in [6, 6.07) is 3.42. The molecule has 2 N–H and O–H groups in total. The first-order chi connectivity index (χ1) is 8.43. The summed E-state index contributed by atoms with van der Waals surface area (Å²) < 4.78 is 37.6. The zero-order valence-electron chi connectivity index (χ0n) is 9.63. The Kier molecular flexibility index (Phi) is 3.30. The van der Waals surface area contributed by atoms with E-state index in [0.29, 0.717) is 30.8 Å². The lowest BCUT2D eigenvalue weighted by Crippen LogP contribution is -2.29. The molecule has 1 aliphatic heterocycles. The van der Waals surface area contributed by atoms with Crippen LogP contribution < -0.4 is 10.6 Å². The normalized spacial score (nSPS) is 15.1. The summed E-state index contributed by atoms with van der Waals surface area (Å²) in [6.07, 6.45) is -3.71. The average Bonchev–Trinajstić information content (AvgIpc) is 2.60. The van der Waals surface area contributed by atoms with Gasteiger partial charge in [-0.2, -0.15) is 13.2 Å². The first kappa shape index (κ1) is 12.9. The molecule has 0 spiro atoms. The lowest BCUT2D eigenvalue weighted by molar-refractivity contribution is -0.137. The second-order valence-corrected chi connectivity index (χ2v) is 4.21. The van der Waals surface area contributed by atoms with Gasteiger partial charge in [0.05, 0.1) is 12.0 Å². The number of anilines is 1. The number of carbonyl (C=O) groups is 1. The molecule has 0 atom stereocenters. The summed E-state index contributed by atoms with van der Waals surface area (Å²) >= 11 is 0. The minimum Gasteiger partial charge on any atom is -0.330 e. The van der Waals surface area contributed by atoms with Gasteiger partial charge >= 0.3 is 6.18 Å². The highest BCUT2D eigenvalue weighted by atomic mass is 19.4. The molecule has 0 fully saturated rings. The zero-order valence-corrected chi connectivity index (χ0v) is 9.63. The third kappa shape index (κ3) is 2.33. The molecule has 0 aromatic heterocycles. The third-order valence-corrected chi connectivity index (χ3v) is 2.93. The maximum Gasteiger partial charge on any atom is 0.416 e. The Morgan fingerprint density at radius 2 is 2.06 bits per heavy atom. The highest BCUT2D eigenvalue weighted by Gasteiger charge is 2.34. The molecule has 0 radical (unpaired) electrons. The van der Waals surface area contributed by atoms with Crippen molar-refractivity contribution in [3.63, 3.8) is 0 Å². The summed E-state index contributed by atoms with van der Waals surface area (Å²) in [5, 5.41) is 0. The van der Waals surface area contributed by atoms with Crippen LogP contribution in [0, 0.1) is 0 Å². The minimum absolute atomic E-state index is 0.0316. The predicted octanol–water partition coefficient (Wildman–Crippen LogP) is 1.94. The number of nitrogens with zero attached hydrogens (tertiary/aromatic N) is 1. The second-order valence-electron chi connectivity index (χ2n) is 4.21. The van der Waals surface area contributed by atoms with Gasteiger partial charge in [-0.3, -0.25) is 4.79 Å². The van der Waals surface area contributed by atoms with Crippen LogP contribution in [0.2, 0.25) is 0 Å². The maximum atomic E-state index is 12.5. The Morgan fingerprint density at radius 1 is 1.33 bits per heavy atom. The van der Waals surface area contributed by atoms with Crippen LogP contribution in [0.1, 0.15) is 17.5 Å². The van der Waals surface area contributed by atoms with E-state index < -0.39 is 11.7 Å². The van der Waals surface area contributed by atoms with E-state index in [1.165, 1.54) is 11.0 Å². The Labute approximate surface area is 102 Å². The predicted molar refractivity (Wildman–Crippen MR) is 61.2 cm³/mol. The van der Waals surface area contributed by atoms with E-state index in [1.807, 2.05) is 0 Å². The van der Waals surface area contributed by atoms with Crippen molar-refractivity contribution < 1.29 is 18.0 Å². The highest BCUT2D eigenvalue weighted by Crippen LogP contribution is 2.35. The third-order valence-electron chi connectivity index (χ3n) is 2.93. The lowest BCUT2D eigenvalue weighted by Gasteiger charge is -2.17. The van der Waals surface area contributed by atoms with E-state index in [9.17, 15) is 18.0 Å². The van der Waals surface area contributed by atoms with Crippen molar-refractivity contribution in [3.8, 4) is 0 Å². The van der Waals surface area contributed by atoms with Gasteiger partial charge in [0.1, 0.15) is 0 Å². The van der Waals surface area contributed by atoms with Crippen molar-refractivity contribution in [2.24, 2.45) is 5.73 Å². The number of halogens is 3. The number of rotatable bonds is 3. The smallest absolute Gasteiger partial charge is 0.330 e.